The van der Waals surface area contributed by atoms with E-state index < -0.39 is 12.3 Å². The molecule has 2 amide bonds. The molecule has 11 heteroatoms. The number of piperazine rings is 1. The Morgan fingerprint density at radius 3 is 2.32 bits per heavy atom. The number of aliphatic hydroxyl groups excluding tert-OH is 1. The van der Waals surface area contributed by atoms with Crippen molar-refractivity contribution < 1.29 is 29.3 Å². The van der Waals surface area contributed by atoms with Crippen molar-refractivity contribution in [3.05, 3.63) is 113 Å². The van der Waals surface area contributed by atoms with E-state index >= 15 is 0 Å². The number of imide groups is 1. The average molecular weight is 758 g/mol. The zero-order valence-corrected chi connectivity index (χ0v) is 32.0. The van der Waals surface area contributed by atoms with Gasteiger partial charge in [0.05, 0.1) is 19.8 Å². The number of hydrogen-bond acceptors (Lipinski definition) is 10. The molecule has 5 heterocycles. The molecule has 3 fully saturated rings. The first-order chi connectivity index (χ1) is 27.3. The van der Waals surface area contributed by atoms with E-state index in [-0.39, 0.29) is 29.4 Å². The van der Waals surface area contributed by atoms with Crippen LogP contribution in [0.2, 0.25) is 0 Å². The monoisotopic (exact) mass is 757 g/mol. The van der Waals surface area contributed by atoms with Crippen molar-refractivity contribution in [3.63, 3.8) is 0 Å². The molecule has 292 valence electrons. The molecule has 0 radical (unpaired) electrons. The van der Waals surface area contributed by atoms with Crippen LogP contribution in [0.4, 0.5) is 11.4 Å². The third-order valence-corrected chi connectivity index (χ3v) is 12.8. The van der Waals surface area contributed by atoms with Gasteiger partial charge >= 0.3 is 0 Å². The smallest absolute Gasteiger partial charge is 0.244 e. The molecule has 0 aromatic heterocycles. The number of rotatable bonds is 8. The summed E-state index contributed by atoms with van der Waals surface area (Å²) < 4.78 is 11.8. The quantitative estimate of drug-likeness (QED) is 0.203. The highest BCUT2D eigenvalue weighted by Gasteiger charge is 2.40. The van der Waals surface area contributed by atoms with Gasteiger partial charge in [-0.2, -0.15) is 0 Å². The van der Waals surface area contributed by atoms with E-state index in [1.54, 1.807) is 19.2 Å². The predicted molar refractivity (Wildman–Crippen MR) is 214 cm³/mol. The number of amides is 2. The number of carbonyl (C=O) groups excluding carboxylic acids is 2. The van der Waals surface area contributed by atoms with Gasteiger partial charge in [-0.15, -0.1) is 0 Å². The second-order valence-electron chi connectivity index (χ2n) is 16.1. The van der Waals surface area contributed by atoms with Crippen LogP contribution in [-0.4, -0.2) is 97.4 Å². The number of phenolic OH excluding ortho intramolecular Hbond substituents is 1. The van der Waals surface area contributed by atoms with Gasteiger partial charge in [0.1, 0.15) is 23.5 Å². The molecule has 4 atom stereocenters. The number of aliphatic hydroxyl groups is 1. The highest BCUT2D eigenvalue weighted by molar-refractivity contribution is 6.00. The van der Waals surface area contributed by atoms with Gasteiger partial charge in [-0.1, -0.05) is 36.4 Å². The first-order valence-electron chi connectivity index (χ1n) is 20.1. The molecule has 5 aliphatic heterocycles. The first kappa shape index (κ1) is 36.5. The Balaban J connectivity index is 0.786. The van der Waals surface area contributed by atoms with Gasteiger partial charge in [-0.05, 0) is 84.3 Å². The zero-order chi connectivity index (χ0) is 38.3. The minimum absolute atomic E-state index is 0.0812. The minimum atomic E-state index is -0.837. The number of nitrogens with one attached hydrogen (secondary N) is 1. The predicted octanol–water partition coefficient (Wildman–Crippen LogP) is 5.36. The van der Waals surface area contributed by atoms with Gasteiger partial charge in [-0.25, -0.2) is 0 Å². The third kappa shape index (κ3) is 7.19. The van der Waals surface area contributed by atoms with Crippen molar-refractivity contribution in [2.75, 3.05) is 69.3 Å². The van der Waals surface area contributed by atoms with Crippen molar-refractivity contribution in [1.29, 1.82) is 0 Å². The number of ether oxygens (including phenoxy) is 2. The Morgan fingerprint density at radius 2 is 1.55 bits per heavy atom. The second kappa shape index (κ2) is 15.4. The molecular weight excluding hydrogens is 707 g/mol. The van der Waals surface area contributed by atoms with Crippen LogP contribution in [0, 0.1) is 5.92 Å². The number of methoxy groups -OCH3 is 1. The lowest BCUT2D eigenvalue weighted by molar-refractivity contribution is -0.141. The van der Waals surface area contributed by atoms with Crippen molar-refractivity contribution in [2.24, 2.45) is 5.92 Å². The van der Waals surface area contributed by atoms with Crippen LogP contribution in [0.15, 0.2) is 84.9 Å². The number of benzene rings is 4. The highest BCUT2D eigenvalue weighted by atomic mass is 16.5. The number of anilines is 2. The molecule has 5 aliphatic rings. The molecule has 0 spiro atoms. The van der Waals surface area contributed by atoms with Crippen molar-refractivity contribution in [3.8, 4) is 17.2 Å². The Kier molecular flexibility index (Phi) is 10.1. The third-order valence-electron chi connectivity index (χ3n) is 12.8. The molecule has 4 aromatic rings. The molecule has 11 nitrogen and oxygen atoms in total. The Hall–Kier alpha value is -5.10. The molecule has 0 saturated carbocycles. The van der Waals surface area contributed by atoms with Crippen LogP contribution in [0.3, 0.4) is 0 Å². The molecule has 3 N–H and O–H groups in total. The standard InChI is InChI=1S/C45H51N5O6/c1-55-36-4-2-3-31(24-36)39-28-56-41-25-35(51)10-12-38(41)43(39)30-5-7-33(8-6-30)48-17-15-29(16-18-48)26-47-19-21-49(22-20-47)34-9-11-37-32(23-34)27-50(45(37)54)40-13-14-42(52)46-44(40)53/h2-12,23-25,29,39-40,43,45,51,54H,13-22,26-28H2,1H3,(H,46,52,53)/t39?,40?,43-,45?/m1/s1. The van der Waals surface area contributed by atoms with E-state index in [4.69, 9.17) is 9.47 Å². The van der Waals surface area contributed by atoms with Crippen LogP contribution in [-0.2, 0) is 16.1 Å². The molecular formula is C45H51N5O6. The van der Waals surface area contributed by atoms with Gasteiger partial charge in [0, 0.05) is 99.2 Å². The summed E-state index contributed by atoms with van der Waals surface area (Å²) in [7, 11) is 1.70. The zero-order valence-electron chi connectivity index (χ0n) is 32.0. The number of nitrogens with zero attached hydrogens (tertiary/aromatic N) is 4. The lowest BCUT2D eigenvalue weighted by atomic mass is 9.76. The van der Waals surface area contributed by atoms with E-state index in [0.29, 0.717) is 31.9 Å². The van der Waals surface area contributed by atoms with Crippen LogP contribution < -0.4 is 24.6 Å². The number of hydrogen-bond donors (Lipinski definition) is 3. The lowest BCUT2D eigenvalue weighted by Gasteiger charge is -2.40. The topological polar surface area (TPSA) is 118 Å². The minimum Gasteiger partial charge on any atom is -0.508 e. The maximum atomic E-state index is 12.5. The lowest BCUT2D eigenvalue weighted by Crippen LogP contribution is -2.51. The van der Waals surface area contributed by atoms with E-state index in [1.807, 2.05) is 29.2 Å². The fourth-order valence-corrected chi connectivity index (χ4v) is 9.71. The van der Waals surface area contributed by atoms with Crippen LogP contribution >= 0.6 is 0 Å². The Morgan fingerprint density at radius 1 is 0.804 bits per heavy atom. The summed E-state index contributed by atoms with van der Waals surface area (Å²) in [5, 5.41) is 23.6. The van der Waals surface area contributed by atoms with Crippen molar-refractivity contribution in [1.82, 2.24) is 15.1 Å². The molecule has 3 unspecified atom stereocenters. The van der Waals surface area contributed by atoms with Gasteiger partial charge in [0.15, 0.2) is 0 Å². The maximum absolute atomic E-state index is 12.5. The molecule has 3 saturated heterocycles. The summed E-state index contributed by atoms with van der Waals surface area (Å²) >= 11 is 0. The van der Waals surface area contributed by atoms with E-state index in [2.05, 4.69) is 68.5 Å². The van der Waals surface area contributed by atoms with E-state index in [0.717, 1.165) is 79.7 Å². The first-order valence-corrected chi connectivity index (χ1v) is 20.1. The second-order valence-corrected chi connectivity index (χ2v) is 16.1. The number of piperidine rings is 2. The van der Waals surface area contributed by atoms with Crippen LogP contribution in [0.1, 0.15) is 71.6 Å². The van der Waals surface area contributed by atoms with Gasteiger partial charge in [0.2, 0.25) is 11.8 Å². The fraction of sp³-hybridized carbons (Fsp3) is 0.422. The van der Waals surface area contributed by atoms with Gasteiger partial charge in [0.25, 0.3) is 0 Å². The molecule has 4 aromatic carbocycles. The summed E-state index contributed by atoms with van der Waals surface area (Å²) in [6.07, 6.45) is 2.24. The Bertz CT molecular complexity index is 2080. The largest absolute Gasteiger partial charge is 0.508 e. The average Bonchev–Trinajstić information content (AvgIpc) is 3.55. The molecule has 9 rings (SSSR count). The molecule has 0 bridgehead atoms. The molecule has 56 heavy (non-hydrogen) atoms. The van der Waals surface area contributed by atoms with Crippen molar-refractivity contribution >= 4 is 23.2 Å². The van der Waals surface area contributed by atoms with Crippen LogP contribution in [0.25, 0.3) is 0 Å². The van der Waals surface area contributed by atoms with Crippen LogP contribution in [0.5, 0.6) is 17.2 Å². The fourth-order valence-electron chi connectivity index (χ4n) is 9.71. The van der Waals surface area contributed by atoms with Gasteiger partial charge in [-0.3, -0.25) is 24.7 Å². The summed E-state index contributed by atoms with van der Waals surface area (Å²) in [6, 6.07) is 28.6. The number of aromatic hydroxyl groups is 1. The number of carbonyl (C=O) groups is 2. The molecule has 0 aliphatic carbocycles. The SMILES string of the molecule is COc1cccc(C2COc3cc(O)ccc3[C@H]2c2ccc(N3CCC(CN4CCN(c5ccc6c(c5)CN(C5CCC(=O)NC5=O)C6O)CC4)CC3)cc2)c1. The number of phenols is 1. The van der Waals surface area contributed by atoms with Crippen molar-refractivity contribution in [2.45, 2.75) is 56.3 Å². The summed E-state index contributed by atoms with van der Waals surface area (Å²) in [5.41, 5.74) is 7.82. The van der Waals surface area contributed by atoms with E-state index in [9.17, 15) is 19.8 Å². The maximum Gasteiger partial charge on any atom is 0.244 e. The Labute approximate surface area is 328 Å². The highest BCUT2D eigenvalue weighted by Crippen LogP contribution is 2.48. The summed E-state index contributed by atoms with van der Waals surface area (Å²) in [5.74, 6) is 2.09. The summed E-state index contributed by atoms with van der Waals surface area (Å²) in [6.45, 7) is 8.21. The normalized spacial score (nSPS) is 24.7. The van der Waals surface area contributed by atoms with E-state index in [1.165, 1.54) is 29.7 Å². The van der Waals surface area contributed by atoms with Gasteiger partial charge < -0.3 is 29.5 Å². The summed E-state index contributed by atoms with van der Waals surface area (Å²) in [4.78, 5) is 33.6. The number of fused-ring (bicyclic) bond motifs is 2.